The number of hydrogen-bond acceptors (Lipinski definition) is 3. The fourth-order valence-corrected chi connectivity index (χ4v) is 5.02. The Bertz CT molecular complexity index is 938. The molecule has 144 valence electrons. The number of sulfonamides is 1. The van der Waals surface area contributed by atoms with Crippen molar-refractivity contribution in [1.82, 2.24) is 9.62 Å². The third-order valence-electron chi connectivity index (χ3n) is 5.04. The number of hydrogen-bond donors (Lipinski definition) is 1. The minimum atomic E-state index is -3.78. The van der Waals surface area contributed by atoms with Crippen LogP contribution in [0.3, 0.4) is 0 Å². The number of nitrogens with zero attached hydrogens (tertiary/aromatic N) is 1. The molecule has 1 N–H and O–H groups in total. The predicted octanol–water partition coefficient (Wildman–Crippen LogP) is 2.88. The molecule has 1 atom stereocenters. The molecule has 0 aromatic heterocycles. The van der Waals surface area contributed by atoms with E-state index < -0.39 is 16.1 Å². The lowest BCUT2D eigenvalue weighted by Gasteiger charge is -2.33. The number of nitrogens with one attached hydrogen (secondary N) is 1. The molecule has 2 aromatic rings. The number of rotatable bonds is 5. The molecular weight excluding hydrogens is 360 g/mol. The fourth-order valence-electron chi connectivity index (χ4n) is 3.44. The summed E-state index contributed by atoms with van der Waals surface area (Å²) in [4.78, 5) is 15.1. The van der Waals surface area contributed by atoms with E-state index in [9.17, 15) is 13.2 Å². The van der Waals surface area contributed by atoms with Gasteiger partial charge in [-0.25, -0.2) is 8.42 Å². The highest BCUT2D eigenvalue weighted by molar-refractivity contribution is 7.89. The Kier molecular flexibility index (Phi) is 5.67. The van der Waals surface area contributed by atoms with E-state index in [2.05, 4.69) is 10.8 Å². The largest absolute Gasteiger partial charge is 0.337 e. The molecule has 5 nitrogen and oxygen atoms in total. The fraction of sp³-hybridized carbons (Fsp3) is 0.381. The molecule has 1 amide bonds. The monoisotopic (exact) mass is 386 g/mol. The Balaban J connectivity index is 1.82. The Morgan fingerprint density at radius 2 is 1.67 bits per heavy atom. The van der Waals surface area contributed by atoms with Crippen LogP contribution in [0, 0.1) is 12.8 Å². The first-order valence-electron chi connectivity index (χ1n) is 9.23. The van der Waals surface area contributed by atoms with Gasteiger partial charge in [-0.1, -0.05) is 56.3 Å². The van der Waals surface area contributed by atoms with Gasteiger partial charge in [0.15, 0.2) is 0 Å². The maximum atomic E-state index is 13.1. The summed E-state index contributed by atoms with van der Waals surface area (Å²) in [5.74, 6) is -0.329. The number of carbonyl (C=O) groups excluding carboxylic acids is 1. The number of benzene rings is 2. The zero-order valence-corrected chi connectivity index (χ0v) is 16.8. The van der Waals surface area contributed by atoms with Crippen molar-refractivity contribution in [3.63, 3.8) is 0 Å². The summed E-state index contributed by atoms with van der Waals surface area (Å²) in [6, 6.07) is 14.1. The zero-order valence-electron chi connectivity index (χ0n) is 16.0. The van der Waals surface area contributed by atoms with E-state index in [4.69, 9.17) is 0 Å². The van der Waals surface area contributed by atoms with Gasteiger partial charge < -0.3 is 4.90 Å². The molecule has 0 spiro atoms. The summed E-state index contributed by atoms with van der Waals surface area (Å²) in [5.41, 5.74) is 3.04. The molecule has 1 aliphatic heterocycles. The first-order valence-corrected chi connectivity index (χ1v) is 10.7. The van der Waals surface area contributed by atoms with Gasteiger partial charge in [-0.15, -0.1) is 0 Å². The molecule has 2 aromatic carbocycles. The normalized spacial score (nSPS) is 15.5. The van der Waals surface area contributed by atoms with Gasteiger partial charge in [0, 0.05) is 13.1 Å². The Morgan fingerprint density at radius 3 is 2.33 bits per heavy atom. The van der Waals surface area contributed by atoms with Crippen molar-refractivity contribution in [3.8, 4) is 0 Å². The highest BCUT2D eigenvalue weighted by atomic mass is 32.2. The second-order valence-corrected chi connectivity index (χ2v) is 9.07. The second kappa shape index (κ2) is 7.82. The van der Waals surface area contributed by atoms with Crippen molar-refractivity contribution in [1.29, 1.82) is 0 Å². The molecule has 0 aliphatic carbocycles. The highest BCUT2D eigenvalue weighted by Crippen LogP contribution is 2.22. The van der Waals surface area contributed by atoms with Gasteiger partial charge in [0.1, 0.15) is 6.04 Å². The quantitative estimate of drug-likeness (QED) is 0.859. The Labute approximate surface area is 161 Å². The Hall–Kier alpha value is -2.18. The second-order valence-electron chi connectivity index (χ2n) is 7.39. The molecule has 0 bridgehead atoms. The van der Waals surface area contributed by atoms with Crippen molar-refractivity contribution in [2.75, 3.05) is 6.54 Å². The van der Waals surface area contributed by atoms with Gasteiger partial charge in [-0.3, -0.25) is 4.79 Å². The van der Waals surface area contributed by atoms with Crippen LogP contribution in [-0.4, -0.2) is 31.8 Å². The molecular formula is C21H26N2O3S. The standard InChI is InChI=1S/C21H26N2O3S/c1-15(2)20(22-27(25,26)19-11-7-4-8-16(19)3)21(24)23-13-12-17-9-5-6-10-18(17)14-23/h4-11,15,20,22H,12-14H2,1-3H3/t20-/m0/s1. The number of fused-ring (bicyclic) bond motifs is 1. The molecule has 0 radical (unpaired) electrons. The average Bonchev–Trinajstić information content (AvgIpc) is 2.65. The first kappa shape index (κ1) is 19.6. The summed E-state index contributed by atoms with van der Waals surface area (Å²) < 4.78 is 28.4. The van der Waals surface area contributed by atoms with E-state index in [0.717, 1.165) is 12.0 Å². The third-order valence-corrected chi connectivity index (χ3v) is 6.64. The van der Waals surface area contributed by atoms with Gasteiger partial charge in [-0.2, -0.15) is 4.72 Å². The van der Waals surface area contributed by atoms with E-state index in [-0.39, 0.29) is 16.7 Å². The van der Waals surface area contributed by atoms with Gasteiger partial charge in [0.2, 0.25) is 15.9 Å². The zero-order chi connectivity index (χ0) is 19.6. The van der Waals surface area contributed by atoms with E-state index >= 15 is 0 Å². The van der Waals surface area contributed by atoms with Crippen LogP contribution < -0.4 is 4.72 Å². The number of aryl methyl sites for hydroxylation is 1. The lowest BCUT2D eigenvalue weighted by Crippen LogP contribution is -2.52. The molecule has 1 heterocycles. The predicted molar refractivity (Wildman–Crippen MR) is 106 cm³/mol. The third kappa shape index (κ3) is 4.22. The van der Waals surface area contributed by atoms with E-state index in [0.29, 0.717) is 18.7 Å². The number of carbonyl (C=O) groups is 1. The number of amides is 1. The highest BCUT2D eigenvalue weighted by Gasteiger charge is 2.33. The lowest BCUT2D eigenvalue weighted by atomic mass is 9.97. The minimum Gasteiger partial charge on any atom is -0.337 e. The molecule has 0 unspecified atom stereocenters. The van der Waals surface area contributed by atoms with Crippen LogP contribution in [0.1, 0.15) is 30.5 Å². The van der Waals surface area contributed by atoms with Crippen molar-refractivity contribution >= 4 is 15.9 Å². The van der Waals surface area contributed by atoms with Crippen molar-refractivity contribution in [2.45, 2.75) is 44.7 Å². The topological polar surface area (TPSA) is 66.5 Å². The van der Waals surface area contributed by atoms with Crippen LogP contribution in [0.2, 0.25) is 0 Å². The first-order chi connectivity index (χ1) is 12.8. The molecule has 3 rings (SSSR count). The summed E-state index contributed by atoms with van der Waals surface area (Å²) in [5, 5.41) is 0. The van der Waals surface area contributed by atoms with Gasteiger partial charge in [0.25, 0.3) is 0 Å². The maximum absolute atomic E-state index is 13.1. The van der Waals surface area contributed by atoms with Gasteiger partial charge >= 0.3 is 0 Å². The van der Waals surface area contributed by atoms with E-state index in [1.807, 2.05) is 32.0 Å². The van der Waals surface area contributed by atoms with Crippen LogP contribution in [-0.2, 0) is 27.8 Å². The summed E-state index contributed by atoms with van der Waals surface area (Å²) in [6.45, 7) is 6.60. The van der Waals surface area contributed by atoms with Crippen LogP contribution in [0.15, 0.2) is 53.4 Å². The summed E-state index contributed by atoms with van der Waals surface area (Å²) in [6.07, 6.45) is 0.789. The molecule has 0 saturated carbocycles. The SMILES string of the molecule is Cc1ccccc1S(=O)(=O)N[C@H](C(=O)N1CCc2ccccc2C1)C(C)C. The van der Waals surface area contributed by atoms with E-state index in [1.54, 1.807) is 36.1 Å². The van der Waals surface area contributed by atoms with E-state index in [1.165, 1.54) is 5.56 Å². The van der Waals surface area contributed by atoms with Crippen LogP contribution in [0.25, 0.3) is 0 Å². The molecule has 27 heavy (non-hydrogen) atoms. The van der Waals surface area contributed by atoms with Crippen molar-refractivity contribution < 1.29 is 13.2 Å². The van der Waals surface area contributed by atoms with Crippen molar-refractivity contribution in [3.05, 3.63) is 65.2 Å². The van der Waals surface area contributed by atoms with Crippen molar-refractivity contribution in [2.24, 2.45) is 5.92 Å². The summed E-state index contributed by atoms with van der Waals surface area (Å²) >= 11 is 0. The lowest BCUT2D eigenvalue weighted by molar-refractivity contribution is -0.135. The van der Waals surface area contributed by atoms with Gasteiger partial charge in [-0.05, 0) is 42.0 Å². The summed E-state index contributed by atoms with van der Waals surface area (Å²) in [7, 11) is -3.78. The van der Waals surface area contributed by atoms with Gasteiger partial charge in [0.05, 0.1) is 4.90 Å². The smallest absolute Gasteiger partial charge is 0.241 e. The Morgan fingerprint density at radius 1 is 1.04 bits per heavy atom. The van der Waals surface area contributed by atoms with Crippen LogP contribution in [0.4, 0.5) is 0 Å². The minimum absolute atomic E-state index is 0.159. The molecule has 0 saturated heterocycles. The van der Waals surface area contributed by atoms with Crippen LogP contribution in [0.5, 0.6) is 0 Å². The molecule has 1 aliphatic rings. The van der Waals surface area contributed by atoms with Crippen LogP contribution >= 0.6 is 0 Å². The maximum Gasteiger partial charge on any atom is 0.241 e. The molecule has 0 fully saturated rings. The average molecular weight is 387 g/mol. The molecule has 6 heteroatoms.